The van der Waals surface area contributed by atoms with E-state index in [2.05, 4.69) is 64.5 Å². The molecular weight excluding hydrogens is 302 g/mol. The third kappa shape index (κ3) is 2.82. The quantitative estimate of drug-likeness (QED) is 0.673. The molecule has 2 heterocycles. The lowest BCUT2D eigenvalue weighted by molar-refractivity contribution is 0.641. The van der Waals surface area contributed by atoms with E-state index in [0.29, 0.717) is 11.6 Å². The molecule has 0 amide bonds. The number of H-pyrrole nitrogens is 1. The Morgan fingerprint density at radius 3 is 2.79 bits per heavy atom. The van der Waals surface area contributed by atoms with Crippen LogP contribution in [0.4, 0.5) is 11.6 Å². The van der Waals surface area contributed by atoms with Crippen molar-refractivity contribution < 1.29 is 0 Å². The molecule has 1 aliphatic heterocycles. The number of likely N-dealkylation sites (N-methyl/N-ethyl adjacent to an activating group) is 1. The fraction of sp³-hybridized carbons (Fsp3) is 0.278. The van der Waals surface area contributed by atoms with Gasteiger partial charge in [-0.25, -0.2) is 10.4 Å². The van der Waals surface area contributed by atoms with E-state index in [9.17, 15) is 4.79 Å². The van der Waals surface area contributed by atoms with Gasteiger partial charge < -0.3 is 4.90 Å². The Bertz CT molecular complexity index is 879. The minimum Gasteiger partial charge on any atom is -0.347 e. The van der Waals surface area contributed by atoms with E-state index in [1.807, 2.05) is 12.1 Å². The Morgan fingerprint density at radius 1 is 1.33 bits per heavy atom. The van der Waals surface area contributed by atoms with Gasteiger partial charge in [0.2, 0.25) is 5.95 Å². The van der Waals surface area contributed by atoms with Crippen molar-refractivity contribution in [1.82, 2.24) is 9.97 Å². The summed E-state index contributed by atoms with van der Waals surface area (Å²) in [4.78, 5) is 20.3. The molecule has 0 spiro atoms. The van der Waals surface area contributed by atoms with Crippen LogP contribution in [0, 0.1) is 6.92 Å². The summed E-state index contributed by atoms with van der Waals surface area (Å²) in [6.07, 6.45) is 3.66. The highest BCUT2D eigenvalue weighted by Gasteiger charge is 2.37. The number of nitrogens with one attached hydrogen (secondary N) is 2. The molecule has 2 aromatic rings. The average molecular weight is 323 g/mol. The largest absolute Gasteiger partial charge is 0.347 e. The number of hydrogen-bond acceptors (Lipinski definition) is 5. The van der Waals surface area contributed by atoms with Gasteiger partial charge >= 0.3 is 0 Å². The zero-order chi connectivity index (χ0) is 17.3. The molecule has 1 aromatic carbocycles. The Morgan fingerprint density at radius 2 is 2.08 bits per heavy atom. The molecule has 6 nitrogen and oxygen atoms in total. The van der Waals surface area contributed by atoms with Crippen molar-refractivity contribution in [2.75, 3.05) is 17.4 Å². The van der Waals surface area contributed by atoms with Crippen molar-refractivity contribution in [2.24, 2.45) is 5.10 Å². The molecule has 6 heteroatoms. The summed E-state index contributed by atoms with van der Waals surface area (Å²) in [5.41, 5.74) is 6.76. The predicted molar refractivity (Wildman–Crippen MR) is 97.7 cm³/mol. The number of allylic oxidation sites excluding steroid dienone is 2. The number of benzene rings is 1. The van der Waals surface area contributed by atoms with Crippen LogP contribution in [0.3, 0.4) is 0 Å². The van der Waals surface area contributed by atoms with Crippen molar-refractivity contribution in [1.29, 1.82) is 0 Å². The van der Waals surface area contributed by atoms with Crippen LogP contribution in [0.15, 0.2) is 52.0 Å². The number of para-hydroxylation sites is 1. The molecule has 1 aromatic heterocycles. The first-order chi connectivity index (χ1) is 11.4. The molecule has 124 valence electrons. The summed E-state index contributed by atoms with van der Waals surface area (Å²) in [6, 6.07) is 9.82. The lowest BCUT2D eigenvalue weighted by Crippen LogP contribution is -2.23. The van der Waals surface area contributed by atoms with Crippen molar-refractivity contribution in [3.8, 4) is 0 Å². The number of aryl methyl sites for hydroxylation is 1. The molecule has 0 radical (unpaired) electrons. The molecule has 0 atom stereocenters. The molecule has 0 unspecified atom stereocenters. The highest BCUT2D eigenvalue weighted by Crippen LogP contribution is 2.46. The first-order valence-corrected chi connectivity index (χ1v) is 7.80. The molecule has 0 fully saturated rings. The van der Waals surface area contributed by atoms with E-state index >= 15 is 0 Å². The number of anilines is 2. The van der Waals surface area contributed by atoms with Gasteiger partial charge in [0, 0.05) is 41.8 Å². The van der Waals surface area contributed by atoms with Gasteiger partial charge in [-0.1, -0.05) is 32.0 Å². The monoisotopic (exact) mass is 323 g/mol. The smallest absolute Gasteiger partial charge is 0.252 e. The number of fused-ring (bicyclic) bond motifs is 1. The molecular formula is C18H21N5O. The number of hydrogen-bond donors (Lipinski definition) is 2. The van der Waals surface area contributed by atoms with Gasteiger partial charge in [-0.15, -0.1) is 0 Å². The second-order valence-electron chi connectivity index (χ2n) is 6.38. The maximum Gasteiger partial charge on any atom is 0.252 e. The summed E-state index contributed by atoms with van der Waals surface area (Å²) in [7, 11) is 2.06. The lowest BCUT2D eigenvalue weighted by atomic mass is 9.84. The van der Waals surface area contributed by atoms with E-state index in [1.54, 1.807) is 13.1 Å². The lowest BCUT2D eigenvalue weighted by Gasteiger charge is -2.23. The van der Waals surface area contributed by atoms with Gasteiger partial charge in [-0.3, -0.25) is 9.78 Å². The van der Waals surface area contributed by atoms with Gasteiger partial charge in [0.1, 0.15) is 0 Å². The van der Waals surface area contributed by atoms with Crippen LogP contribution in [0.25, 0.3) is 0 Å². The molecule has 0 saturated heterocycles. The molecule has 2 N–H and O–H groups in total. The number of nitrogens with zero attached hydrogens (tertiary/aromatic N) is 3. The SMILES string of the molecule is Cc1cc(=O)[nH]c(NN=C/C=C2\N(C)c3ccccc3C2(C)C)n1. The maximum atomic E-state index is 11.4. The average Bonchev–Trinajstić information content (AvgIpc) is 2.71. The summed E-state index contributed by atoms with van der Waals surface area (Å²) in [5.74, 6) is 0.331. The van der Waals surface area contributed by atoms with Gasteiger partial charge in [0.05, 0.1) is 0 Å². The number of aromatic amines is 1. The molecule has 0 bridgehead atoms. The first-order valence-electron chi connectivity index (χ1n) is 7.80. The van der Waals surface area contributed by atoms with Crippen LogP contribution in [0.5, 0.6) is 0 Å². The van der Waals surface area contributed by atoms with E-state index in [-0.39, 0.29) is 11.0 Å². The van der Waals surface area contributed by atoms with Gasteiger partial charge in [0.25, 0.3) is 5.56 Å². The molecule has 3 rings (SSSR count). The maximum absolute atomic E-state index is 11.4. The zero-order valence-corrected chi connectivity index (χ0v) is 14.3. The van der Waals surface area contributed by atoms with Crippen LogP contribution >= 0.6 is 0 Å². The molecule has 24 heavy (non-hydrogen) atoms. The first kappa shape index (κ1) is 16.0. The van der Waals surface area contributed by atoms with Crippen molar-refractivity contribution in [3.05, 3.63) is 63.7 Å². The van der Waals surface area contributed by atoms with E-state index in [4.69, 9.17) is 0 Å². The van der Waals surface area contributed by atoms with Crippen LogP contribution < -0.4 is 15.9 Å². The van der Waals surface area contributed by atoms with Gasteiger partial charge in [0.15, 0.2) is 0 Å². The number of rotatable bonds is 3. The van der Waals surface area contributed by atoms with Crippen molar-refractivity contribution >= 4 is 17.9 Å². The Balaban J connectivity index is 1.81. The normalized spacial score (nSPS) is 17.5. The molecule has 0 aliphatic carbocycles. The van der Waals surface area contributed by atoms with Crippen LogP contribution in [-0.4, -0.2) is 23.2 Å². The van der Waals surface area contributed by atoms with Gasteiger partial charge in [-0.05, 0) is 24.6 Å². The standard InChI is InChI=1S/C18H21N5O/c1-12-11-16(24)21-17(20-12)22-19-10-9-15-18(2,3)13-7-5-6-8-14(13)23(15)4/h5-11H,1-4H3,(H2,20,21,22,24)/b15-9-,19-10?. The summed E-state index contributed by atoms with van der Waals surface area (Å²) in [6.45, 7) is 6.16. The summed E-state index contributed by atoms with van der Waals surface area (Å²) in [5, 5.41) is 4.14. The van der Waals surface area contributed by atoms with Crippen molar-refractivity contribution in [3.63, 3.8) is 0 Å². The highest BCUT2D eigenvalue weighted by atomic mass is 16.1. The van der Waals surface area contributed by atoms with E-state index in [0.717, 1.165) is 5.70 Å². The second-order valence-corrected chi connectivity index (χ2v) is 6.38. The van der Waals surface area contributed by atoms with Crippen molar-refractivity contribution in [2.45, 2.75) is 26.2 Å². The highest BCUT2D eigenvalue weighted by molar-refractivity contribution is 5.79. The fourth-order valence-corrected chi connectivity index (χ4v) is 3.14. The minimum atomic E-state index is -0.203. The third-order valence-corrected chi connectivity index (χ3v) is 4.29. The number of hydrazone groups is 1. The van der Waals surface area contributed by atoms with Gasteiger partial charge in [-0.2, -0.15) is 5.10 Å². The van der Waals surface area contributed by atoms with Crippen LogP contribution in [0.1, 0.15) is 25.1 Å². The summed E-state index contributed by atoms with van der Waals surface area (Å²) >= 11 is 0. The second kappa shape index (κ2) is 5.96. The Labute approximate surface area is 140 Å². The van der Waals surface area contributed by atoms with Crippen LogP contribution in [0.2, 0.25) is 0 Å². The zero-order valence-electron chi connectivity index (χ0n) is 14.3. The summed E-state index contributed by atoms with van der Waals surface area (Å²) < 4.78 is 0. The Hall–Kier alpha value is -2.89. The topological polar surface area (TPSA) is 73.4 Å². The fourth-order valence-electron chi connectivity index (χ4n) is 3.14. The minimum absolute atomic E-state index is 0.0900. The molecule has 0 saturated carbocycles. The van der Waals surface area contributed by atoms with E-state index < -0.39 is 0 Å². The number of aromatic nitrogens is 2. The van der Waals surface area contributed by atoms with E-state index in [1.165, 1.54) is 17.3 Å². The molecule has 1 aliphatic rings. The third-order valence-electron chi connectivity index (χ3n) is 4.29. The predicted octanol–water partition coefficient (Wildman–Crippen LogP) is 2.79. The Kier molecular flexibility index (Phi) is 3.97. The van der Waals surface area contributed by atoms with Crippen LogP contribution in [-0.2, 0) is 5.41 Å².